The number of piperidine rings is 1. The largest absolute Gasteiger partial charge is 0.444 e. The van der Waals surface area contributed by atoms with Crippen LogP contribution in [0.1, 0.15) is 51.0 Å². The molecule has 198 valence electrons. The normalized spacial score (nSPS) is 17.5. The topological polar surface area (TPSA) is 119 Å². The summed E-state index contributed by atoms with van der Waals surface area (Å²) < 4.78 is 12.3. The number of nitrogens with one attached hydrogen (secondary N) is 2. The van der Waals surface area contributed by atoms with Crippen molar-refractivity contribution in [1.82, 2.24) is 14.8 Å². The van der Waals surface area contributed by atoms with Gasteiger partial charge in [-0.3, -0.25) is 24.4 Å². The summed E-state index contributed by atoms with van der Waals surface area (Å²) >= 11 is 0. The highest BCUT2D eigenvalue weighted by atomic mass is 16.6. The summed E-state index contributed by atoms with van der Waals surface area (Å²) in [5.41, 5.74) is 0.691. The number of carbonyl (C=O) groups is 3. The molecule has 2 heterocycles. The molecule has 10 heteroatoms. The van der Waals surface area contributed by atoms with E-state index in [0.29, 0.717) is 30.6 Å². The Morgan fingerprint density at radius 3 is 2.51 bits per heavy atom. The van der Waals surface area contributed by atoms with Gasteiger partial charge < -0.3 is 14.8 Å². The smallest absolute Gasteiger partial charge is 0.412 e. The Balaban J connectivity index is 1.89. The van der Waals surface area contributed by atoms with E-state index in [4.69, 9.17) is 9.47 Å². The van der Waals surface area contributed by atoms with Crippen molar-refractivity contribution in [2.75, 3.05) is 11.9 Å². The number of rotatable bonds is 7. The van der Waals surface area contributed by atoms with Gasteiger partial charge in [0, 0.05) is 23.9 Å². The van der Waals surface area contributed by atoms with E-state index in [1.54, 1.807) is 33.8 Å². The summed E-state index contributed by atoms with van der Waals surface area (Å²) in [4.78, 5) is 51.6. The molecule has 0 bridgehead atoms. The number of amides is 3. The molecule has 0 aliphatic carbocycles. The average Bonchev–Trinajstić information content (AvgIpc) is 2.84. The number of likely N-dealkylation sites (tertiary alicyclic amines) is 1. The van der Waals surface area contributed by atoms with Gasteiger partial charge >= 0.3 is 12.2 Å². The number of aryl methyl sites for hydroxylation is 1. The lowest BCUT2D eigenvalue weighted by molar-refractivity contribution is -0.109. The van der Waals surface area contributed by atoms with Crippen LogP contribution in [0.5, 0.6) is 0 Å². The standard InChI is InChI=1S/C27H34N4O6/c1-18-11-12-22(29-25(34)36-16-20-9-7-6-8-10-20)24(33)31(18)23-15-21(19(2)28-17-32)13-14-30(23)26(35)37-27(3,4)5/h6-12,17,21,23H,2,13-16H2,1,3-5H3,(H,28,32)(H,29,34). The molecule has 1 fully saturated rings. The number of aromatic nitrogens is 1. The molecule has 1 aliphatic rings. The fourth-order valence-electron chi connectivity index (χ4n) is 4.21. The van der Waals surface area contributed by atoms with E-state index >= 15 is 0 Å². The van der Waals surface area contributed by atoms with Gasteiger partial charge in [0.05, 0.1) is 0 Å². The van der Waals surface area contributed by atoms with Crippen LogP contribution in [0.2, 0.25) is 0 Å². The van der Waals surface area contributed by atoms with E-state index in [0.717, 1.165) is 5.56 Å². The maximum absolute atomic E-state index is 13.6. The molecule has 2 atom stereocenters. The number of benzene rings is 1. The monoisotopic (exact) mass is 510 g/mol. The molecular weight excluding hydrogens is 476 g/mol. The minimum Gasteiger partial charge on any atom is -0.444 e. The quantitative estimate of drug-likeness (QED) is 0.536. The predicted molar refractivity (Wildman–Crippen MR) is 139 cm³/mol. The van der Waals surface area contributed by atoms with Crippen LogP contribution in [0.15, 0.2) is 59.5 Å². The maximum Gasteiger partial charge on any atom is 0.412 e. The molecule has 10 nitrogen and oxygen atoms in total. The fraction of sp³-hybridized carbons (Fsp3) is 0.407. The van der Waals surface area contributed by atoms with Crippen LogP contribution in [0.3, 0.4) is 0 Å². The fourth-order valence-corrected chi connectivity index (χ4v) is 4.21. The van der Waals surface area contributed by atoms with E-state index < -0.39 is 29.5 Å². The number of ether oxygens (including phenoxy) is 2. The summed E-state index contributed by atoms with van der Waals surface area (Å²) in [6, 6.07) is 12.4. The molecule has 2 aromatic rings. The van der Waals surface area contributed by atoms with Gasteiger partial charge in [-0.15, -0.1) is 0 Å². The molecule has 0 saturated carbocycles. The zero-order valence-electron chi connectivity index (χ0n) is 21.7. The van der Waals surface area contributed by atoms with Gasteiger partial charge in [-0.05, 0) is 58.2 Å². The molecule has 0 spiro atoms. The minimum absolute atomic E-state index is 0.0137. The molecule has 1 saturated heterocycles. The van der Waals surface area contributed by atoms with Gasteiger partial charge in [0.1, 0.15) is 24.1 Å². The van der Waals surface area contributed by atoms with E-state index in [2.05, 4.69) is 17.2 Å². The maximum atomic E-state index is 13.6. The summed E-state index contributed by atoms with van der Waals surface area (Å²) in [5.74, 6) is -0.173. The van der Waals surface area contributed by atoms with Crippen LogP contribution in [0.25, 0.3) is 0 Å². The Labute approximate surface area is 216 Å². The second-order valence-electron chi connectivity index (χ2n) is 9.91. The second kappa shape index (κ2) is 11.8. The van der Waals surface area contributed by atoms with Gasteiger partial charge in [-0.25, -0.2) is 9.59 Å². The van der Waals surface area contributed by atoms with Crippen molar-refractivity contribution in [1.29, 1.82) is 0 Å². The van der Waals surface area contributed by atoms with E-state index in [1.807, 2.05) is 30.3 Å². The van der Waals surface area contributed by atoms with Gasteiger partial charge in [-0.2, -0.15) is 0 Å². The van der Waals surface area contributed by atoms with Crippen molar-refractivity contribution in [3.63, 3.8) is 0 Å². The number of pyridine rings is 1. The number of nitrogens with zero attached hydrogens (tertiary/aromatic N) is 2. The second-order valence-corrected chi connectivity index (χ2v) is 9.91. The van der Waals surface area contributed by atoms with Gasteiger partial charge in [0.2, 0.25) is 6.41 Å². The Kier molecular flexibility index (Phi) is 8.75. The molecule has 37 heavy (non-hydrogen) atoms. The number of carbonyl (C=O) groups excluding carboxylic acids is 3. The van der Waals surface area contributed by atoms with Crippen LogP contribution < -0.4 is 16.2 Å². The van der Waals surface area contributed by atoms with Gasteiger partial charge in [0.15, 0.2) is 0 Å². The first-order valence-electron chi connectivity index (χ1n) is 12.1. The Morgan fingerprint density at radius 2 is 1.86 bits per heavy atom. The first kappa shape index (κ1) is 27.5. The van der Waals surface area contributed by atoms with Crippen LogP contribution in [0, 0.1) is 12.8 Å². The first-order valence-corrected chi connectivity index (χ1v) is 12.1. The highest BCUT2D eigenvalue weighted by molar-refractivity contribution is 5.84. The van der Waals surface area contributed by atoms with E-state index in [1.165, 1.54) is 15.5 Å². The Bertz CT molecular complexity index is 1200. The number of allylic oxidation sites excluding steroid dienone is 1. The van der Waals surface area contributed by atoms with Gasteiger partial charge in [-0.1, -0.05) is 36.9 Å². The van der Waals surface area contributed by atoms with Crippen molar-refractivity contribution in [3.05, 3.63) is 76.4 Å². The summed E-state index contributed by atoms with van der Waals surface area (Å²) in [5, 5.41) is 5.11. The third-order valence-electron chi connectivity index (χ3n) is 6.01. The lowest BCUT2D eigenvalue weighted by atomic mass is 9.91. The van der Waals surface area contributed by atoms with E-state index in [9.17, 15) is 19.2 Å². The average molecular weight is 511 g/mol. The third-order valence-corrected chi connectivity index (χ3v) is 6.01. The van der Waals surface area contributed by atoms with Crippen LogP contribution in [-0.4, -0.2) is 40.2 Å². The zero-order valence-corrected chi connectivity index (χ0v) is 21.7. The van der Waals surface area contributed by atoms with Crippen molar-refractivity contribution >= 4 is 24.3 Å². The Hall–Kier alpha value is -4.08. The Morgan fingerprint density at radius 1 is 1.16 bits per heavy atom. The molecule has 0 radical (unpaired) electrons. The van der Waals surface area contributed by atoms with Crippen LogP contribution in [-0.2, 0) is 20.9 Å². The zero-order chi connectivity index (χ0) is 27.2. The van der Waals surface area contributed by atoms with Crippen molar-refractivity contribution < 1.29 is 23.9 Å². The van der Waals surface area contributed by atoms with E-state index in [-0.39, 0.29) is 24.8 Å². The number of anilines is 1. The molecule has 1 aliphatic heterocycles. The van der Waals surface area contributed by atoms with Crippen molar-refractivity contribution in [2.45, 2.75) is 58.9 Å². The number of hydrogen-bond donors (Lipinski definition) is 2. The molecule has 1 aromatic carbocycles. The molecule has 2 unspecified atom stereocenters. The van der Waals surface area contributed by atoms with Crippen LogP contribution in [0.4, 0.5) is 15.3 Å². The van der Waals surface area contributed by atoms with Crippen molar-refractivity contribution in [3.8, 4) is 0 Å². The summed E-state index contributed by atoms with van der Waals surface area (Å²) in [7, 11) is 0. The lowest BCUT2D eigenvalue weighted by Crippen LogP contribution is -2.49. The minimum atomic E-state index is -0.773. The lowest BCUT2D eigenvalue weighted by Gasteiger charge is -2.41. The summed E-state index contributed by atoms with van der Waals surface area (Å²) in [6.45, 7) is 11.3. The molecule has 2 N–H and O–H groups in total. The summed E-state index contributed by atoms with van der Waals surface area (Å²) in [6.07, 6.45) is -0.648. The highest BCUT2D eigenvalue weighted by Crippen LogP contribution is 2.34. The predicted octanol–water partition coefficient (Wildman–Crippen LogP) is 4.31. The molecule has 3 rings (SSSR count). The SMILES string of the molecule is C=C(NC=O)C1CCN(C(=O)OC(C)(C)C)C(n2c(C)ccc(NC(=O)OCc3ccccc3)c2=O)C1. The molecule has 3 amide bonds. The number of hydrogen-bond acceptors (Lipinski definition) is 6. The molecular formula is C27H34N4O6. The first-order chi connectivity index (χ1) is 17.5. The highest BCUT2D eigenvalue weighted by Gasteiger charge is 2.37. The third kappa shape index (κ3) is 7.22. The van der Waals surface area contributed by atoms with Crippen LogP contribution >= 0.6 is 0 Å². The van der Waals surface area contributed by atoms with Gasteiger partial charge in [0.25, 0.3) is 5.56 Å². The van der Waals surface area contributed by atoms with Crippen molar-refractivity contribution in [2.24, 2.45) is 5.92 Å². The molecule has 1 aromatic heterocycles.